The van der Waals surface area contributed by atoms with Crippen molar-refractivity contribution in [3.05, 3.63) is 64.0 Å². The van der Waals surface area contributed by atoms with E-state index in [0.29, 0.717) is 9.79 Å². The molecule has 7 heteroatoms. The fourth-order valence-electron chi connectivity index (χ4n) is 1.52. The van der Waals surface area contributed by atoms with E-state index in [4.69, 9.17) is 5.11 Å². The summed E-state index contributed by atoms with van der Waals surface area (Å²) in [5, 5.41) is 19.5. The van der Waals surface area contributed by atoms with Gasteiger partial charge in [-0.25, -0.2) is 9.18 Å². The van der Waals surface area contributed by atoms with Crippen molar-refractivity contribution in [3.8, 4) is 0 Å². The Morgan fingerprint density at radius 1 is 1.20 bits per heavy atom. The molecule has 0 aromatic heterocycles. The van der Waals surface area contributed by atoms with Crippen molar-refractivity contribution < 1.29 is 19.2 Å². The summed E-state index contributed by atoms with van der Waals surface area (Å²) in [5.41, 5.74) is -0.194. The number of halogens is 1. The minimum absolute atomic E-state index is 0.0492. The molecule has 0 radical (unpaired) electrons. The molecule has 0 unspecified atom stereocenters. The van der Waals surface area contributed by atoms with Crippen molar-refractivity contribution in [1.29, 1.82) is 0 Å². The van der Waals surface area contributed by atoms with E-state index in [0.717, 1.165) is 17.8 Å². The van der Waals surface area contributed by atoms with E-state index in [2.05, 4.69) is 0 Å². The minimum atomic E-state index is -1.23. The van der Waals surface area contributed by atoms with Gasteiger partial charge in [-0.3, -0.25) is 10.1 Å². The number of aromatic carboxylic acids is 1. The van der Waals surface area contributed by atoms with E-state index in [1.165, 1.54) is 36.4 Å². The highest BCUT2D eigenvalue weighted by molar-refractivity contribution is 7.99. The first-order valence-corrected chi connectivity index (χ1v) is 6.24. The summed E-state index contributed by atoms with van der Waals surface area (Å²) in [4.78, 5) is 22.0. The van der Waals surface area contributed by atoms with Gasteiger partial charge in [0.25, 0.3) is 5.69 Å². The average Bonchev–Trinajstić information content (AvgIpc) is 2.41. The highest BCUT2D eigenvalue weighted by atomic mass is 32.2. The maximum absolute atomic E-state index is 13.0. The third kappa shape index (κ3) is 3.12. The molecule has 0 saturated heterocycles. The van der Waals surface area contributed by atoms with Gasteiger partial charge in [-0.15, -0.1) is 0 Å². The first-order chi connectivity index (χ1) is 9.47. The van der Waals surface area contributed by atoms with Gasteiger partial charge in [0.2, 0.25) is 0 Å². The van der Waals surface area contributed by atoms with E-state index in [9.17, 15) is 19.3 Å². The molecular formula is C13H8FNO4S. The van der Waals surface area contributed by atoms with Crippen LogP contribution in [0.2, 0.25) is 0 Å². The Hall–Kier alpha value is -2.41. The molecule has 0 aliphatic carbocycles. The molecule has 0 spiro atoms. The molecule has 0 saturated carbocycles. The van der Waals surface area contributed by atoms with Crippen LogP contribution in [0.5, 0.6) is 0 Å². The molecule has 20 heavy (non-hydrogen) atoms. The second-order valence-corrected chi connectivity index (χ2v) is 4.91. The Morgan fingerprint density at radius 2 is 1.85 bits per heavy atom. The summed E-state index contributed by atoms with van der Waals surface area (Å²) in [6.07, 6.45) is 0. The predicted octanol–water partition coefficient (Wildman–Crippen LogP) is 3.58. The average molecular weight is 293 g/mol. The summed E-state index contributed by atoms with van der Waals surface area (Å²) in [6.45, 7) is 0. The number of carbonyl (C=O) groups is 1. The molecule has 102 valence electrons. The third-order valence-corrected chi connectivity index (χ3v) is 3.53. The zero-order valence-corrected chi connectivity index (χ0v) is 10.8. The molecule has 0 heterocycles. The van der Waals surface area contributed by atoms with Crippen LogP contribution in [0.3, 0.4) is 0 Å². The van der Waals surface area contributed by atoms with Crippen LogP contribution in [-0.4, -0.2) is 16.0 Å². The highest BCUT2D eigenvalue weighted by Gasteiger charge is 2.13. The number of rotatable bonds is 4. The van der Waals surface area contributed by atoms with E-state index in [1.807, 2.05) is 0 Å². The Balaban J connectivity index is 2.30. The van der Waals surface area contributed by atoms with Crippen LogP contribution in [0.25, 0.3) is 0 Å². The molecule has 0 aliphatic heterocycles. The maximum Gasteiger partial charge on any atom is 0.336 e. The molecule has 1 N–H and O–H groups in total. The minimum Gasteiger partial charge on any atom is -0.478 e. The quantitative estimate of drug-likeness (QED) is 0.688. The number of non-ortho nitro benzene ring substituents is 1. The molecule has 0 atom stereocenters. The van der Waals surface area contributed by atoms with Crippen LogP contribution in [-0.2, 0) is 0 Å². The van der Waals surface area contributed by atoms with Gasteiger partial charge in [0.15, 0.2) is 0 Å². The second-order valence-electron chi connectivity index (χ2n) is 3.80. The number of benzene rings is 2. The van der Waals surface area contributed by atoms with Crippen molar-refractivity contribution in [2.75, 3.05) is 0 Å². The van der Waals surface area contributed by atoms with Crippen molar-refractivity contribution in [2.24, 2.45) is 0 Å². The zero-order chi connectivity index (χ0) is 14.7. The molecule has 2 rings (SSSR count). The zero-order valence-electron chi connectivity index (χ0n) is 9.95. The van der Waals surface area contributed by atoms with Crippen molar-refractivity contribution in [2.45, 2.75) is 9.79 Å². The molecule has 0 amide bonds. The number of carboxylic acids is 1. The topological polar surface area (TPSA) is 80.4 Å². The highest BCUT2D eigenvalue weighted by Crippen LogP contribution is 2.31. The number of hydrogen-bond acceptors (Lipinski definition) is 4. The number of nitro benzene ring substituents is 1. The summed E-state index contributed by atoms with van der Waals surface area (Å²) >= 11 is 1.10. The van der Waals surface area contributed by atoms with E-state index in [-0.39, 0.29) is 11.3 Å². The fraction of sp³-hybridized carbons (Fsp3) is 0. The summed E-state index contributed by atoms with van der Waals surface area (Å²) in [7, 11) is 0. The standard InChI is InChI=1S/C13H8FNO4S/c14-8-1-6-12(11(7-8)13(16)17)20-10-4-2-9(3-5-10)15(18)19/h1-7H,(H,16,17). The van der Waals surface area contributed by atoms with E-state index in [1.54, 1.807) is 0 Å². The number of carboxylic acid groups (broad SMARTS) is 1. The second kappa shape index (κ2) is 5.70. The van der Waals surface area contributed by atoms with Gasteiger partial charge in [0.05, 0.1) is 10.5 Å². The smallest absolute Gasteiger partial charge is 0.336 e. The van der Waals surface area contributed by atoms with Gasteiger partial charge in [-0.1, -0.05) is 11.8 Å². The van der Waals surface area contributed by atoms with Crippen molar-refractivity contribution >= 4 is 23.4 Å². The Kier molecular flexibility index (Phi) is 3.99. The van der Waals surface area contributed by atoms with Gasteiger partial charge >= 0.3 is 5.97 Å². The lowest BCUT2D eigenvalue weighted by atomic mass is 10.2. The maximum atomic E-state index is 13.0. The van der Waals surface area contributed by atoms with Gasteiger partial charge in [0, 0.05) is 21.9 Å². The predicted molar refractivity (Wildman–Crippen MR) is 70.6 cm³/mol. The number of nitrogens with zero attached hydrogens (tertiary/aromatic N) is 1. The van der Waals surface area contributed by atoms with Gasteiger partial charge in [-0.2, -0.15) is 0 Å². The lowest BCUT2D eigenvalue weighted by molar-refractivity contribution is -0.384. The molecule has 2 aromatic rings. The first kappa shape index (κ1) is 14.0. The SMILES string of the molecule is O=C(O)c1cc(F)ccc1Sc1ccc([N+](=O)[O-])cc1. The monoisotopic (exact) mass is 293 g/mol. The van der Waals surface area contributed by atoms with Gasteiger partial charge in [0.1, 0.15) is 5.82 Å². The van der Waals surface area contributed by atoms with Crippen LogP contribution in [0.1, 0.15) is 10.4 Å². The fourth-order valence-corrected chi connectivity index (χ4v) is 2.44. The van der Waals surface area contributed by atoms with Crippen LogP contribution in [0.15, 0.2) is 52.3 Å². The summed E-state index contributed by atoms with van der Waals surface area (Å²) in [5.74, 6) is -1.86. The Labute approximate surface area is 117 Å². The van der Waals surface area contributed by atoms with Crippen LogP contribution >= 0.6 is 11.8 Å². The lowest BCUT2D eigenvalue weighted by Crippen LogP contribution is -1.99. The molecule has 0 fully saturated rings. The lowest BCUT2D eigenvalue weighted by Gasteiger charge is -2.05. The van der Waals surface area contributed by atoms with Crippen molar-refractivity contribution in [3.63, 3.8) is 0 Å². The normalized spacial score (nSPS) is 10.2. The molecule has 2 aromatic carbocycles. The molecule has 0 aliphatic rings. The largest absolute Gasteiger partial charge is 0.478 e. The van der Waals surface area contributed by atoms with Gasteiger partial charge < -0.3 is 5.11 Å². The molecular weight excluding hydrogens is 285 g/mol. The Bertz CT molecular complexity index is 673. The van der Waals surface area contributed by atoms with Gasteiger partial charge in [-0.05, 0) is 30.3 Å². The Morgan fingerprint density at radius 3 is 2.40 bits per heavy atom. The third-order valence-electron chi connectivity index (χ3n) is 2.45. The van der Waals surface area contributed by atoms with E-state index < -0.39 is 16.7 Å². The van der Waals surface area contributed by atoms with E-state index >= 15 is 0 Å². The summed E-state index contributed by atoms with van der Waals surface area (Å²) < 4.78 is 13.0. The first-order valence-electron chi connectivity index (χ1n) is 5.42. The molecule has 5 nitrogen and oxygen atoms in total. The number of hydrogen-bond donors (Lipinski definition) is 1. The molecule has 0 bridgehead atoms. The van der Waals surface area contributed by atoms with Crippen LogP contribution in [0.4, 0.5) is 10.1 Å². The van der Waals surface area contributed by atoms with Crippen molar-refractivity contribution in [1.82, 2.24) is 0 Å². The summed E-state index contributed by atoms with van der Waals surface area (Å²) in [6, 6.07) is 9.15. The van der Waals surface area contributed by atoms with Crippen LogP contribution < -0.4 is 0 Å². The van der Waals surface area contributed by atoms with Crippen LogP contribution in [0, 0.1) is 15.9 Å². The number of nitro groups is 1.